The fourth-order valence-electron chi connectivity index (χ4n) is 1.08. The van der Waals surface area contributed by atoms with Gasteiger partial charge in [-0.3, -0.25) is 0 Å². The highest BCUT2D eigenvalue weighted by Gasteiger charge is 2.15. The van der Waals surface area contributed by atoms with Gasteiger partial charge >= 0.3 is 12.0 Å². The zero-order valence-corrected chi connectivity index (χ0v) is 10.2. The van der Waals surface area contributed by atoms with Crippen molar-refractivity contribution in [3.8, 4) is 0 Å². The minimum Gasteiger partial charge on any atom is -0.465 e. The van der Waals surface area contributed by atoms with Gasteiger partial charge in [-0.15, -0.1) is 11.3 Å². The molecule has 0 aliphatic rings. The van der Waals surface area contributed by atoms with Gasteiger partial charge in [-0.1, -0.05) is 0 Å². The highest BCUT2D eigenvalue weighted by atomic mass is 32.1. The number of hydrogen-bond acceptors (Lipinski definition) is 4. The number of amides is 2. The summed E-state index contributed by atoms with van der Waals surface area (Å²) < 4.78 is 4.60. The van der Waals surface area contributed by atoms with Crippen molar-refractivity contribution in [3.05, 3.63) is 16.3 Å². The Balaban J connectivity index is 2.70. The maximum Gasteiger partial charge on any atom is 0.350 e. The van der Waals surface area contributed by atoms with Gasteiger partial charge in [-0.2, -0.15) is 0 Å². The second-order valence-corrected chi connectivity index (χ2v) is 4.32. The molecule has 0 aliphatic heterocycles. The standard InChI is InChI=1S/C10H14N2O3S/c1-6(2)11-10(14)12-7-4-5-16-8(7)9(13)15-3/h4-6H,1-3H3,(H2,11,12,14). The van der Waals surface area contributed by atoms with Gasteiger partial charge in [0.05, 0.1) is 12.8 Å². The second kappa shape index (κ2) is 5.50. The molecule has 6 heteroatoms. The van der Waals surface area contributed by atoms with Crippen LogP contribution in [0.2, 0.25) is 0 Å². The van der Waals surface area contributed by atoms with E-state index in [9.17, 15) is 9.59 Å². The van der Waals surface area contributed by atoms with Crippen molar-refractivity contribution >= 4 is 29.0 Å². The number of thiophene rings is 1. The molecule has 16 heavy (non-hydrogen) atoms. The molecule has 0 aliphatic carbocycles. The van der Waals surface area contributed by atoms with Crippen LogP contribution >= 0.6 is 11.3 Å². The van der Waals surface area contributed by atoms with Crippen molar-refractivity contribution in [2.45, 2.75) is 19.9 Å². The van der Waals surface area contributed by atoms with Gasteiger partial charge in [-0.25, -0.2) is 9.59 Å². The summed E-state index contributed by atoms with van der Waals surface area (Å²) in [4.78, 5) is 23.1. The first kappa shape index (κ1) is 12.5. The third-order valence-corrected chi connectivity index (χ3v) is 2.60. The number of anilines is 1. The quantitative estimate of drug-likeness (QED) is 0.797. The van der Waals surface area contributed by atoms with E-state index >= 15 is 0 Å². The average Bonchev–Trinajstić information content (AvgIpc) is 2.63. The molecule has 0 radical (unpaired) electrons. The van der Waals surface area contributed by atoms with Crippen LogP contribution < -0.4 is 10.6 Å². The molecule has 0 fully saturated rings. The summed E-state index contributed by atoms with van der Waals surface area (Å²) >= 11 is 1.23. The molecule has 0 saturated heterocycles. The molecule has 0 aromatic carbocycles. The zero-order valence-electron chi connectivity index (χ0n) is 9.37. The van der Waals surface area contributed by atoms with Gasteiger partial charge in [-0.05, 0) is 25.3 Å². The number of carbonyl (C=O) groups excluding carboxylic acids is 2. The van der Waals surface area contributed by atoms with Crippen LogP contribution in [0.3, 0.4) is 0 Å². The summed E-state index contributed by atoms with van der Waals surface area (Å²) in [5, 5.41) is 6.98. The maximum absolute atomic E-state index is 11.4. The van der Waals surface area contributed by atoms with E-state index in [1.165, 1.54) is 18.4 Å². The average molecular weight is 242 g/mol. The molecule has 2 amide bonds. The molecule has 88 valence electrons. The molecule has 1 heterocycles. The Morgan fingerprint density at radius 3 is 2.69 bits per heavy atom. The molecule has 0 spiro atoms. The molecule has 5 nitrogen and oxygen atoms in total. The van der Waals surface area contributed by atoms with Crippen molar-refractivity contribution in [1.82, 2.24) is 5.32 Å². The predicted molar refractivity (Wildman–Crippen MR) is 62.9 cm³/mol. The highest BCUT2D eigenvalue weighted by Crippen LogP contribution is 2.22. The highest BCUT2D eigenvalue weighted by molar-refractivity contribution is 7.12. The third-order valence-electron chi connectivity index (χ3n) is 1.70. The molecular formula is C10H14N2O3S. The number of rotatable bonds is 3. The molecule has 1 rings (SSSR count). The van der Waals surface area contributed by atoms with Crippen LogP contribution in [0.15, 0.2) is 11.4 Å². The predicted octanol–water partition coefficient (Wildman–Crippen LogP) is 2.06. The van der Waals surface area contributed by atoms with E-state index in [2.05, 4.69) is 15.4 Å². The summed E-state index contributed by atoms with van der Waals surface area (Å²) in [6.45, 7) is 3.71. The first-order valence-corrected chi connectivity index (χ1v) is 5.66. The lowest BCUT2D eigenvalue weighted by Gasteiger charge is -2.09. The first-order valence-electron chi connectivity index (χ1n) is 4.78. The largest absolute Gasteiger partial charge is 0.465 e. The Kier molecular flexibility index (Phi) is 4.30. The van der Waals surface area contributed by atoms with Crippen molar-refractivity contribution < 1.29 is 14.3 Å². The van der Waals surface area contributed by atoms with E-state index in [0.29, 0.717) is 10.6 Å². The van der Waals surface area contributed by atoms with E-state index < -0.39 is 5.97 Å². The Morgan fingerprint density at radius 2 is 2.12 bits per heavy atom. The molecule has 0 atom stereocenters. The Morgan fingerprint density at radius 1 is 1.44 bits per heavy atom. The maximum atomic E-state index is 11.4. The van der Waals surface area contributed by atoms with Gasteiger partial charge in [0.2, 0.25) is 0 Å². The van der Waals surface area contributed by atoms with Crippen LogP contribution in [-0.4, -0.2) is 25.2 Å². The van der Waals surface area contributed by atoms with E-state index in [1.54, 1.807) is 11.4 Å². The summed E-state index contributed by atoms with van der Waals surface area (Å²) in [6, 6.07) is 1.37. The fourth-order valence-corrected chi connectivity index (χ4v) is 1.84. The van der Waals surface area contributed by atoms with Gasteiger partial charge in [0, 0.05) is 6.04 Å². The number of urea groups is 1. The molecule has 0 saturated carbocycles. The topological polar surface area (TPSA) is 67.4 Å². The lowest BCUT2D eigenvalue weighted by molar-refractivity contribution is 0.0607. The number of carbonyl (C=O) groups is 2. The van der Waals surface area contributed by atoms with Crippen molar-refractivity contribution in [2.75, 3.05) is 12.4 Å². The Hall–Kier alpha value is -1.56. The van der Waals surface area contributed by atoms with E-state index in [0.717, 1.165) is 0 Å². The minimum atomic E-state index is -0.449. The lowest BCUT2D eigenvalue weighted by atomic mass is 10.4. The third kappa shape index (κ3) is 3.23. The zero-order chi connectivity index (χ0) is 12.1. The molecule has 0 unspecified atom stereocenters. The Labute approximate surface area is 97.8 Å². The molecule has 1 aromatic heterocycles. The van der Waals surface area contributed by atoms with Crippen LogP contribution in [0.25, 0.3) is 0 Å². The summed E-state index contributed by atoms with van der Waals surface area (Å²) in [6.07, 6.45) is 0. The van der Waals surface area contributed by atoms with Gasteiger partial charge in [0.25, 0.3) is 0 Å². The van der Waals surface area contributed by atoms with E-state index in [1.807, 2.05) is 13.8 Å². The molecular weight excluding hydrogens is 228 g/mol. The van der Waals surface area contributed by atoms with Crippen LogP contribution in [0.5, 0.6) is 0 Å². The summed E-state index contributed by atoms with van der Waals surface area (Å²) in [5.41, 5.74) is 0.468. The number of ether oxygens (including phenoxy) is 1. The minimum absolute atomic E-state index is 0.0419. The second-order valence-electron chi connectivity index (χ2n) is 3.41. The van der Waals surface area contributed by atoms with Crippen molar-refractivity contribution in [1.29, 1.82) is 0 Å². The van der Waals surface area contributed by atoms with Crippen LogP contribution in [0.1, 0.15) is 23.5 Å². The lowest BCUT2D eigenvalue weighted by Crippen LogP contribution is -2.34. The van der Waals surface area contributed by atoms with E-state index in [-0.39, 0.29) is 12.1 Å². The van der Waals surface area contributed by atoms with Gasteiger partial charge in [0.15, 0.2) is 0 Å². The van der Waals surface area contributed by atoms with Crippen LogP contribution in [-0.2, 0) is 4.74 Å². The monoisotopic (exact) mass is 242 g/mol. The number of methoxy groups -OCH3 is 1. The normalized spacial score (nSPS) is 10.0. The smallest absolute Gasteiger partial charge is 0.350 e. The molecule has 0 bridgehead atoms. The SMILES string of the molecule is COC(=O)c1sccc1NC(=O)NC(C)C. The summed E-state index contributed by atoms with van der Waals surface area (Å²) in [7, 11) is 1.31. The van der Waals surface area contributed by atoms with Crippen LogP contribution in [0, 0.1) is 0 Å². The fraction of sp³-hybridized carbons (Fsp3) is 0.400. The molecule has 2 N–H and O–H groups in total. The molecule has 1 aromatic rings. The van der Waals surface area contributed by atoms with Gasteiger partial charge < -0.3 is 15.4 Å². The number of esters is 1. The Bertz CT molecular complexity index is 387. The summed E-state index contributed by atoms with van der Waals surface area (Å²) in [5.74, 6) is -0.449. The van der Waals surface area contributed by atoms with E-state index in [4.69, 9.17) is 0 Å². The van der Waals surface area contributed by atoms with Gasteiger partial charge in [0.1, 0.15) is 4.88 Å². The number of hydrogen-bond donors (Lipinski definition) is 2. The van der Waals surface area contributed by atoms with Crippen molar-refractivity contribution in [2.24, 2.45) is 0 Å². The number of nitrogens with one attached hydrogen (secondary N) is 2. The van der Waals surface area contributed by atoms with Crippen molar-refractivity contribution in [3.63, 3.8) is 0 Å². The van der Waals surface area contributed by atoms with Crippen LogP contribution in [0.4, 0.5) is 10.5 Å². The first-order chi connectivity index (χ1) is 7.54.